The van der Waals surface area contributed by atoms with Gasteiger partial charge in [0.25, 0.3) is 0 Å². The average molecular weight is 457 g/mol. The van der Waals surface area contributed by atoms with Crippen LogP contribution in [-0.4, -0.2) is 49.2 Å². The maximum absolute atomic E-state index is 12.9. The van der Waals surface area contributed by atoms with Crippen LogP contribution in [0.1, 0.15) is 12.8 Å². The first kappa shape index (κ1) is 19.7. The van der Waals surface area contributed by atoms with Crippen LogP contribution in [0.4, 0.5) is 10.9 Å². The lowest BCUT2D eigenvalue weighted by molar-refractivity contribution is -0.120. The molecule has 0 saturated carbocycles. The normalized spacial score (nSPS) is 14.7. The first-order valence-corrected chi connectivity index (χ1v) is 11.7. The number of benzene rings is 2. The molecule has 2 aromatic carbocycles. The van der Waals surface area contributed by atoms with Crippen molar-refractivity contribution in [1.82, 2.24) is 30.2 Å². The molecule has 0 unspecified atom stereocenters. The van der Waals surface area contributed by atoms with Crippen LogP contribution in [0.3, 0.4) is 0 Å². The molecule has 0 bridgehead atoms. The Balaban J connectivity index is 1.09. The van der Waals surface area contributed by atoms with Crippen LogP contribution in [0, 0.1) is 5.92 Å². The topological polar surface area (TPSA) is 101 Å². The Bertz CT molecular complexity index is 1450. The van der Waals surface area contributed by atoms with Crippen LogP contribution in [0.5, 0.6) is 0 Å². The van der Waals surface area contributed by atoms with E-state index in [1.54, 1.807) is 0 Å². The lowest BCUT2D eigenvalue weighted by Gasteiger charge is -2.31. The third kappa shape index (κ3) is 3.89. The summed E-state index contributed by atoms with van der Waals surface area (Å²) in [5, 5.41) is 23.8. The molecule has 3 aromatic heterocycles. The molecule has 1 N–H and O–H groups in total. The summed E-state index contributed by atoms with van der Waals surface area (Å²) in [4.78, 5) is 19.7. The number of hydrogen-bond donors (Lipinski definition) is 1. The van der Waals surface area contributed by atoms with E-state index in [-0.39, 0.29) is 11.8 Å². The maximum Gasteiger partial charge on any atom is 0.229 e. The second kappa shape index (κ2) is 8.21. The van der Waals surface area contributed by atoms with Gasteiger partial charge in [0, 0.05) is 30.0 Å². The number of carbonyl (C=O) groups is 1. The lowest BCUT2D eigenvalue weighted by Crippen LogP contribution is -2.38. The molecule has 5 aromatic rings. The minimum Gasteiger partial charge on any atom is -0.355 e. The van der Waals surface area contributed by atoms with Crippen molar-refractivity contribution in [2.24, 2.45) is 5.92 Å². The van der Waals surface area contributed by atoms with Crippen LogP contribution in [-0.2, 0) is 4.79 Å². The molecular weight excluding hydrogens is 436 g/mol. The van der Waals surface area contributed by atoms with Crippen molar-refractivity contribution >= 4 is 44.6 Å². The first-order valence-electron chi connectivity index (χ1n) is 10.8. The van der Waals surface area contributed by atoms with E-state index < -0.39 is 0 Å². The predicted molar refractivity (Wildman–Crippen MR) is 127 cm³/mol. The number of fused-ring (bicyclic) bond motifs is 2. The van der Waals surface area contributed by atoms with Crippen LogP contribution in [0.15, 0.2) is 60.0 Å². The maximum atomic E-state index is 12.9. The highest BCUT2D eigenvalue weighted by atomic mass is 32.1. The van der Waals surface area contributed by atoms with Crippen molar-refractivity contribution in [2.75, 3.05) is 23.3 Å². The van der Waals surface area contributed by atoms with Crippen molar-refractivity contribution < 1.29 is 4.79 Å². The van der Waals surface area contributed by atoms with Gasteiger partial charge in [-0.2, -0.15) is 0 Å². The summed E-state index contributed by atoms with van der Waals surface area (Å²) in [7, 11) is 0. The number of aromatic nitrogens is 6. The largest absolute Gasteiger partial charge is 0.355 e. The molecule has 0 spiro atoms. The summed E-state index contributed by atoms with van der Waals surface area (Å²) >= 11 is 1.46. The third-order valence-corrected chi connectivity index (χ3v) is 6.78. The molecule has 1 aliphatic rings. The van der Waals surface area contributed by atoms with Gasteiger partial charge in [0.1, 0.15) is 0 Å². The number of nitrogens with zero attached hydrogens (tertiary/aromatic N) is 7. The number of tetrazole rings is 1. The van der Waals surface area contributed by atoms with Crippen molar-refractivity contribution in [3.63, 3.8) is 0 Å². The standard InChI is InChI=1S/C23H20N8OS/c32-22(16-9-11-30(12-10-16)21-8-7-20-26-28-29-31(20)27-21)25-23-24-19(14-33-23)18-6-5-15-3-1-2-4-17(15)13-18/h1-8,13-14,16H,9-12H2,(H,24,25,32). The molecule has 1 fully saturated rings. The predicted octanol–water partition coefficient (Wildman–Crippen LogP) is 3.65. The molecule has 0 radical (unpaired) electrons. The van der Waals surface area contributed by atoms with Gasteiger partial charge in [-0.05, 0) is 52.2 Å². The number of amides is 1. The molecular formula is C23H20N8OS. The molecule has 1 amide bonds. The molecule has 0 aliphatic carbocycles. The van der Waals surface area contributed by atoms with Gasteiger partial charge in [-0.1, -0.05) is 36.4 Å². The quantitative estimate of drug-likeness (QED) is 0.440. The van der Waals surface area contributed by atoms with Crippen molar-refractivity contribution in [2.45, 2.75) is 12.8 Å². The van der Waals surface area contributed by atoms with E-state index in [1.165, 1.54) is 26.7 Å². The monoisotopic (exact) mass is 456 g/mol. The summed E-state index contributed by atoms with van der Waals surface area (Å²) in [6, 6.07) is 18.3. The number of thiazole rings is 1. The van der Waals surface area contributed by atoms with Crippen molar-refractivity contribution in [3.8, 4) is 11.3 Å². The fourth-order valence-corrected chi connectivity index (χ4v) is 4.92. The zero-order valence-electron chi connectivity index (χ0n) is 17.6. The molecule has 4 heterocycles. The van der Waals surface area contributed by atoms with E-state index in [9.17, 15) is 4.79 Å². The zero-order chi connectivity index (χ0) is 22.2. The van der Waals surface area contributed by atoms with E-state index in [0.717, 1.165) is 43.0 Å². The van der Waals surface area contributed by atoms with Gasteiger partial charge in [-0.3, -0.25) is 4.79 Å². The highest BCUT2D eigenvalue weighted by Crippen LogP contribution is 2.29. The Morgan fingerprint density at radius 2 is 1.88 bits per heavy atom. The minimum absolute atomic E-state index is 0.0259. The van der Waals surface area contributed by atoms with E-state index in [1.807, 2.05) is 29.6 Å². The summed E-state index contributed by atoms with van der Waals surface area (Å²) in [6.07, 6.45) is 1.51. The summed E-state index contributed by atoms with van der Waals surface area (Å²) in [5.74, 6) is 0.789. The molecule has 1 aliphatic heterocycles. The molecule has 10 heteroatoms. The van der Waals surface area contributed by atoms with Gasteiger partial charge in [-0.15, -0.1) is 26.2 Å². The van der Waals surface area contributed by atoms with Gasteiger partial charge < -0.3 is 10.2 Å². The van der Waals surface area contributed by atoms with Crippen molar-refractivity contribution in [3.05, 3.63) is 60.0 Å². The van der Waals surface area contributed by atoms with E-state index >= 15 is 0 Å². The SMILES string of the molecule is O=C(Nc1nc(-c2ccc3ccccc3c2)cs1)C1CCN(c2ccc3nnnn3n2)CC1. The zero-order valence-corrected chi connectivity index (χ0v) is 18.4. The fourth-order valence-electron chi connectivity index (χ4n) is 4.20. The highest BCUT2D eigenvalue weighted by Gasteiger charge is 2.26. The average Bonchev–Trinajstić information content (AvgIpc) is 3.53. The van der Waals surface area contributed by atoms with Crippen LogP contribution in [0.2, 0.25) is 0 Å². The number of carbonyl (C=O) groups excluding carboxylic acids is 1. The Morgan fingerprint density at radius 1 is 1.03 bits per heavy atom. The molecule has 9 nitrogen and oxygen atoms in total. The van der Waals surface area contributed by atoms with Crippen LogP contribution < -0.4 is 10.2 Å². The summed E-state index contributed by atoms with van der Waals surface area (Å²) in [5.41, 5.74) is 2.53. The highest BCUT2D eigenvalue weighted by molar-refractivity contribution is 7.14. The van der Waals surface area contributed by atoms with E-state index in [0.29, 0.717) is 10.8 Å². The fraction of sp³-hybridized carbons (Fsp3) is 0.217. The number of hydrogen-bond acceptors (Lipinski definition) is 8. The van der Waals surface area contributed by atoms with Gasteiger partial charge in [0.05, 0.1) is 5.69 Å². The molecule has 164 valence electrons. The van der Waals surface area contributed by atoms with Crippen LogP contribution >= 0.6 is 11.3 Å². The van der Waals surface area contributed by atoms with Crippen LogP contribution in [0.25, 0.3) is 27.7 Å². The molecule has 1 saturated heterocycles. The summed E-state index contributed by atoms with van der Waals surface area (Å²) in [6.45, 7) is 1.50. The number of nitrogens with one attached hydrogen (secondary N) is 1. The Kier molecular flexibility index (Phi) is 4.91. The van der Waals surface area contributed by atoms with E-state index in [4.69, 9.17) is 0 Å². The Hall–Kier alpha value is -3.92. The van der Waals surface area contributed by atoms with Gasteiger partial charge in [0.2, 0.25) is 5.91 Å². The smallest absolute Gasteiger partial charge is 0.229 e. The lowest BCUT2D eigenvalue weighted by atomic mass is 9.96. The van der Waals surface area contributed by atoms with Gasteiger partial charge >= 0.3 is 0 Å². The molecule has 33 heavy (non-hydrogen) atoms. The Morgan fingerprint density at radius 3 is 2.76 bits per heavy atom. The minimum atomic E-state index is -0.0500. The van der Waals surface area contributed by atoms with Crippen molar-refractivity contribution in [1.29, 1.82) is 0 Å². The number of piperidine rings is 1. The molecule has 0 atom stereocenters. The van der Waals surface area contributed by atoms with E-state index in [2.05, 4.69) is 66.2 Å². The summed E-state index contributed by atoms with van der Waals surface area (Å²) < 4.78 is 1.42. The second-order valence-electron chi connectivity index (χ2n) is 8.07. The third-order valence-electron chi connectivity index (χ3n) is 6.02. The first-order chi connectivity index (χ1) is 16.2. The van der Waals surface area contributed by atoms with Gasteiger partial charge in [0.15, 0.2) is 16.6 Å². The Labute approximate surface area is 193 Å². The number of rotatable bonds is 4. The number of anilines is 2. The molecule has 6 rings (SSSR count). The van der Waals surface area contributed by atoms with Gasteiger partial charge in [-0.25, -0.2) is 4.98 Å². The second-order valence-corrected chi connectivity index (χ2v) is 8.93.